The Labute approximate surface area is 69.8 Å². The van der Waals surface area contributed by atoms with Crippen LogP contribution in [0.1, 0.15) is 0 Å². The molecule has 0 amide bonds. The van der Waals surface area contributed by atoms with Crippen molar-refractivity contribution in [2.24, 2.45) is 0 Å². The number of hydrogen-bond donors (Lipinski definition) is 0. The van der Waals surface area contributed by atoms with Crippen molar-refractivity contribution in [3.63, 3.8) is 0 Å². The Balaban J connectivity index is 2.30. The average Bonchev–Trinajstić information content (AvgIpc) is 1.75. The van der Waals surface area contributed by atoms with Crippen LogP contribution in [0.4, 0.5) is 8.78 Å². The predicted molar refractivity (Wildman–Crippen MR) is 34.6 cm³/mol. The third kappa shape index (κ3) is 2.37. The van der Waals surface area contributed by atoms with E-state index in [2.05, 4.69) is 9.47 Å². The zero-order chi connectivity index (χ0) is 8.48. The molecular weight excluding hydrogens is 226 g/mol. The first-order chi connectivity index (χ1) is 5.00. The van der Waals surface area contributed by atoms with Crippen LogP contribution in [0.15, 0.2) is 0 Å². The summed E-state index contributed by atoms with van der Waals surface area (Å²) in [7, 11) is 0. The topological polar surface area (TPSA) is 35.5 Å². The van der Waals surface area contributed by atoms with Gasteiger partial charge in [0.25, 0.3) is 0 Å². The molecule has 0 atom stereocenters. The van der Waals surface area contributed by atoms with Crippen molar-refractivity contribution in [2.75, 3.05) is 13.2 Å². The molecule has 0 aromatic rings. The lowest BCUT2D eigenvalue weighted by Gasteiger charge is -2.26. The number of ether oxygens (including phenoxy) is 2. The van der Waals surface area contributed by atoms with E-state index >= 15 is 0 Å². The summed E-state index contributed by atoms with van der Waals surface area (Å²) in [5.41, 5.74) is 0. The molecule has 0 aliphatic carbocycles. The zero-order valence-corrected chi connectivity index (χ0v) is 6.94. The quantitative estimate of drug-likeness (QED) is 0.523. The molecule has 0 spiro atoms. The fourth-order valence-electron chi connectivity index (χ4n) is 0.500. The molecule has 0 radical (unpaired) electrons. The third-order valence-corrected chi connectivity index (χ3v) is 1.44. The summed E-state index contributed by atoms with van der Waals surface area (Å²) in [5, 5.41) is 0. The van der Waals surface area contributed by atoms with Gasteiger partial charge in [0.05, 0.1) is 13.2 Å². The minimum Gasteiger partial charge on any atom is -0.452 e. The number of hydrogen-bond acceptors (Lipinski definition) is 3. The van der Waals surface area contributed by atoms with Crippen LogP contribution in [0.5, 0.6) is 0 Å². The Hall–Kier alpha value is -0.230. The van der Waals surface area contributed by atoms with Gasteiger partial charge < -0.3 is 9.47 Å². The first-order valence-corrected chi connectivity index (χ1v) is 3.65. The lowest BCUT2D eigenvalue weighted by molar-refractivity contribution is -0.186. The van der Waals surface area contributed by atoms with E-state index < -0.39 is 16.9 Å². The summed E-state index contributed by atoms with van der Waals surface area (Å²) in [6.07, 6.45) is -0.508. The van der Waals surface area contributed by atoms with Crippen molar-refractivity contribution in [2.45, 2.75) is 10.9 Å². The molecule has 0 bridgehead atoms. The Bertz CT molecular complexity index is 164. The van der Waals surface area contributed by atoms with Crippen LogP contribution in [-0.4, -0.2) is 30.1 Å². The van der Waals surface area contributed by atoms with Crippen LogP contribution in [-0.2, 0) is 14.3 Å². The highest BCUT2D eigenvalue weighted by atomic mass is 79.9. The standard InChI is InChI=1S/C5H5BrF2O3/c6-5(7,8)4(9)11-3-1-10-2-3/h3H,1-2H2. The maximum absolute atomic E-state index is 12.0. The highest BCUT2D eigenvalue weighted by Crippen LogP contribution is 2.24. The molecule has 3 nitrogen and oxygen atoms in total. The van der Waals surface area contributed by atoms with Crippen molar-refractivity contribution in [3.8, 4) is 0 Å². The lowest BCUT2D eigenvalue weighted by atomic mass is 10.3. The molecule has 0 aromatic carbocycles. The SMILES string of the molecule is O=C(OC1COC1)C(F)(F)Br. The second-order valence-corrected chi connectivity index (χ2v) is 3.06. The summed E-state index contributed by atoms with van der Waals surface area (Å²) >= 11 is 1.88. The molecule has 0 N–H and O–H groups in total. The molecule has 11 heavy (non-hydrogen) atoms. The van der Waals surface area contributed by atoms with Crippen molar-refractivity contribution < 1.29 is 23.0 Å². The molecule has 0 unspecified atom stereocenters. The second-order valence-electron chi connectivity index (χ2n) is 2.06. The van der Waals surface area contributed by atoms with Crippen molar-refractivity contribution >= 4 is 21.9 Å². The number of esters is 1. The molecule has 1 aliphatic rings. The first kappa shape index (κ1) is 8.86. The van der Waals surface area contributed by atoms with E-state index in [9.17, 15) is 13.6 Å². The summed E-state index contributed by atoms with van der Waals surface area (Å²) in [5.74, 6) is -1.56. The molecule has 64 valence electrons. The van der Waals surface area contributed by atoms with Crippen molar-refractivity contribution in [1.29, 1.82) is 0 Å². The fraction of sp³-hybridized carbons (Fsp3) is 0.800. The van der Waals surface area contributed by atoms with Crippen molar-refractivity contribution in [1.82, 2.24) is 0 Å². The van der Waals surface area contributed by atoms with Gasteiger partial charge >= 0.3 is 10.8 Å². The third-order valence-electron chi connectivity index (χ3n) is 1.11. The number of halogens is 3. The van der Waals surface area contributed by atoms with Crippen LogP contribution in [0, 0.1) is 0 Å². The van der Waals surface area contributed by atoms with Crippen LogP contribution in [0.2, 0.25) is 0 Å². The molecular formula is C5H5BrF2O3. The van der Waals surface area contributed by atoms with Gasteiger partial charge in [-0.15, -0.1) is 0 Å². The van der Waals surface area contributed by atoms with Gasteiger partial charge in [-0.25, -0.2) is 4.79 Å². The van der Waals surface area contributed by atoms with Gasteiger partial charge in [0, 0.05) is 15.9 Å². The van der Waals surface area contributed by atoms with Gasteiger partial charge in [0.15, 0.2) is 0 Å². The Morgan fingerprint density at radius 3 is 2.45 bits per heavy atom. The monoisotopic (exact) mass is 230 g/mol. The van der Waals surface area contributed by atoms with E-state index in [-0.39, 0.29) is 13.2 Å². The predicted octanol–water partition coefficient (Wildman–Crippen LogP) is 0.916. The van der Waals surface area contributed by atoms with Gasteiger partial charge in [0.2, 0.25) is 0 Å². The maximum atomic E-state index is 12.0. The fourth-order valence-corrected chi connectivity index (χ4v) is 0.594. The van der Waals surface area contributed by atoms with E-state index in [1.807, 2.05) is 15.9 Å². The molecule has 1 rings (SSSR count). The van der Waals surface area contributed by atoms with E-state index in [1.54, 1.807) is 0 Å². The van der Waals surface area contributed by atoms with Gasteiger partial charge in [-0.3, -0.25) is 0 Å². The largest absolute Gasteiger partial charge is 0.452 e. The minimum atomic E-state index is -3.58. The maximum Gasteiger partial charge on any atom is 0.396 e. The molecule has 1 aliphatic heterocycles. The molecule has 1 saturated heterocycles. The molecule has 1 heterocycles. The first-order valence-electron chi connectivity index (χ1n) is 2.85. The Morgan fingerprint density at radius 1 is 1.64 bits per heavy atom. The molecule has 1 fully saturated rings. The number of carbonyl (C=O) groups excluding carboxylic acids is 1. The summed E-state index contributed by atoms with van der Waals surface area (Å²) in [6.45, 7) is 0.406. The number of carbonyl (C=O) groups is 1. The van der Waals surface area contributed by atoms with Crippen LogP contribution in [0.25, 0.3) is 0 Å². The highest BCUT2D eigenvalue weighted by molar-refractivity contribution is 9.10. The van der Waals surface area contributed by atoms with Gasteiger partial charge in [-0.05, 0) is 0 Å². The summed E-state index contributed by atoms with van der Waals surface area (Å²) in [4.78, 5) is 6.81. The lowest BCUT2D eigenvalue weighted by Crippen LogP contribution is -2.40. The van der Waals surface area contributed by atoms with E-state index in [0.29, 0.717) is 0 Å². The minimum absolute atomic E-state index is 0.203. The Kier molecular flexibility index (Phi) is 2.43. The normalized spacial score (nSPS) is 19.2. The van der Waals surface area contributed by atoms with Gasteiger partial charge in [-0.2, -0.15) is 8.78 Å². The average molecular weight is 231 g/mol. The molecule has 0 aromatic heterocycles. The van der Waals surface area contributed by atoms with Crippen LogP contribution >= 0.6 is 15.9 Å². The van der Waals surface area contributed by atoms with E-state index in [4.69, 9.17) is 0 Å². The highest BCUT2D eigenvalue weighted by Gasteiger charge is 2.39. The number of alkyl halides is 3. The smallest absolute Gasteiger partial charge is 0.396 e. The van der Waals surface area contributed by atoms with E-state index in [0.717, 1.165) is 0 Å². The van der Waals surface area contributed by atoms with E-state index in [1.165, 1.54) is 0 Å². The van der Waals surface area contributed by atoms with Crippen LogP contribution < -0.4 is 0 Å². The second kappa shape index (κ2) is 3.02. The molecule has 0 saturated carbocycles. The number of rotatable bonds is 2. The summed E-state index contributed by atoms with van der Waals surface area (Å²) < 4.78 is 33.0. The van der Waals surface area contributed by atoms with Crippen LogP contribution in [0.3, 0.4) is 0 Å². The zero-order valence-electron chi connectivity index (χ0n) is 5.35. The van der Waals surface area contributed by atoms with Crippen molar-refractivity contribution in [3.05, 3.63) is 0 Å². The summed E-state index contributed by atoms with van der Waals surface area (Å²) in [6, 6.07) is 0. The Morgan fingerprint density at radius 2 is 2.18 bits per heavy atom. The molecule has 6 heteroatoms. The van der Waals surface area contributed by atoms with Gasteiger partial charge in [-0.1, -0.05) is 0 Å². The van der Waals surface area contributed by atoms with Gasteiger partial charge in [0.1, 0.15) is 6.10 Å².